The molecule has 25 heavy (non-hydrogen) atoms. The zero-order valence-electron chi connectivity index (χ0n) is 14.8. The summed E-state index contributed by atoms with van der Waals surface area (Å²) in [6.07, 6.45) is 0.734. The fraction of sp³-hybridized carbons (Fsp3) is 0.389. The molecule has 0 aliphatic carbocycles. The van der Waals surface area contributed by atoms with Gasteiger partial charge >= 0.3 is 0 Å². The summed E-state index contributed by atoms with van der Waals surface area (Å²) in [4.78, 5) is 4.39. The van der Waals surface area contributed by atoms with E-state index in [0.717, 1.165) is 5.69 Å². The smallest absolute Gasteiger partial charge is 0.195 e. The van der Waals surface area contributed by atoms with Gasteiger partial charge in [0.1, 0.15) is 11.9 Å². The van der Waals surface area contributed by atoms with Gasteiger partial charge < -0.3 is 29.6 Å². The number of hydrogen-bond donors (Lipinski definition) is 3. The first-order chi connectivity index (χ1) is 12.2. The minimum Gasteiger partial charge on any atom is -0.493 e. The van der Waals surface area contributed by atoms with Crippen molar-refractivity contribution < 1.29 is 19.0 Å². The third-order valence-corrected chi connectivity index (χ3v) is 3.36. The number of furan rings is 1. The van der Waals surface area contributed by atoms with Crippen molar-refractivity contribution in [1.82, 2.24) is 5.32 Å². The number of ether oxygens (including phenoxy) is 2. The van der Waals surface area contributed by atoms with Gasteiger partial charge in [-0.05, 0) is 38.1 Å². The third-order valence-electron chi connectivity index (χ3n) is 3.36. The number of aliphatic hydroxyl groups is 1. The summed E-state index contributed by atoms with van der Waals surface area (Å²) in [5.74, 6) is 2.37. The van der Waals surface area contributed by atoms with E-state index in [0.29, 0.717) is 36.4 Å². The quantitative estimate of drug-likeness (QED) is 0.503. The van der Waals surface area contributed by atoms with E-state index in [2.05, 4.69) is 15.6 Å². The molecule has 0 saturated carbocycles. The van der Waals surface area contributed by atoms with E-state index in [1.807, 2.05) is 32.0 Å². The Kier molecular flexibility index (Phi) is 7.16. The van der Waals surface area contributed by atoms with Crippen molar-refractivity contribution >= 4 is 11.6 Å². The number of rotatable bonds is 8. The molecule has 136 valence electrons. The van der Waals surface area contributed by atoms with E-state index in [4.69, 9.17) is 13.9 Å². The van der Waals surface area contributed by atoms with E-state index in [9.17, 15) is 5.11 Å². The number of hydrogen-bond acceptors (Lipinski definition) is 5. The minimum atomic E-state index is -0.791. The van der Waals surface area contributed by atoms with Crippen LogP contribution in [-0.2, 0) is 0 Å². The van der Waals surface area contributed by atoms with Crippen LogP contribution in [0.4, 0.5) is 5.69 Å². The fourth-order valence-corrected chi connectivity index (χ4v) is 2.21. The normalized spacial score (nSPS) is 12.6. The highest BCUT2D eigenvalue weighted by atomic mass is 16.5. The standard InChI is InChI=1S/C18H25N3O4/c1-4-19-18(20-12-14(22)15-7-6-10-25-15)21-13-8-9-16(24-5-2)17(11-13)23-3/h6-11,14,22H,4-5,12H2,1-3H3,(H2,19,20,21). The molecule has 3 N–H and O–H groups in total. The van der Waals surface area contributed by atoms with Crippen molar-refractivity contribution in [2.45, 2.75) is 20.0 Å². The van der Waals surface area contributed by atoms with Gasteiger partial charge in [-0.3, -0.25) is 0 Å². The van der Waals surface area contributed by atoms with E-state index in [-0.39, 0.29) is 6.54 Å². The van der Waals surface area contributed by atoms with Gasteiger partial charge in [0.15, 0.2) is 17.5 Å². The Bertz CT molecular complexity index is 671. The number of guanidine groups is 1. The van der Waals surface area contributed by atoms with Gasteiger partial charge in [-0.15, -0.1) is 0 Å². The number of anilines is 1. The zero-order chi connectivity index (χ0) is 18.1. The van der Waals surface area contributed by atoms with Crippen LogP contribution < -0.4 is 20.1 Å². The maximum Gasteiger partial charge on any atom is 0.195 e. The Morgan fingerprint density at radius 2 is 2.12 bits per heavy atom. The van der Waals surface area contributed by atoms with Crippen molar-refractivity contribution in [2.24, 2.45) is 4.99 Å². The average molecular weight is 347 g/mol. The molecular formula is C18H25N3O4. The van der Waals surface area contributed by atoms with E-state index < -0.39 is 6.10 Å². The maximum absolute atomic E-state index is 10.1. The number of aliphatic hydroxyl groups excluding tert-OH is 1. The lowest BCUT2D eigenvalue weighted by Crippen LogP contribution is -2.31. The molecule has 1 atom stereocenters. The summed E-state index contributed by atoms with van der Waals surface area (Å²) >= 11 is 0. The number of methoxy groups -OCH3 is 1. The van der Waals surface area contributed by atoms with Gasteiger partial charge in [-0.2, -0.15) is 0 Å². The summed E-state index contributed by atoms with van der Waals surface area (Å²) < 4.78 is 16.0. The van der Waals surface area contributed by atoms with Crippen LogP contribution in [0.3, 0.4) is 0 Å². The molecule has 2 aromatic rings. The van der Waals surface area contributed by atoms with Crippen LogP contribution >= 0.6 is 0 Å². The van der Waals surface area contributed by atoms with Gasteiger partial charge in [0, 0.05) is 18.3 Å². The molecule has 0 aliphatic heterocycles. The molecule has 2 rings (SSSR count). The van der Waals surface area contributed by atoms with Crippen molar-refractivity contribution in [1.29, 1.82) is 0 Å². The summed E-state index contributed by atoms with van der Waals surface area (Å²) in [6.45, 7) is 5.33. The van der Waals surface area contributed by atoms with Crippen LogP contribution in [0.25, 0.3) is 0 Å². The fourth-order valence-electron chi connectivity index (χ4n) is 2.21. The van der Waals surface area contributed by atoms with Crippen molar-refractivity contribution in [3.8, 4) is 11.5 Å². The molecule has 1 heterocycles. The van der Waals surface area contributed by atoms with E-state index in [1.165, 1.54) is 6.26 Å². The molecule has 0 amide bonds. The highest BCUT2D eigenvalue weighted by molar-refractivity contribution is 5.93. The van der Waals surface area contributed by atoms with Crippen molar-refractivity contribution in [3.05, 3.63) is 42.4 Å². The SMILES string of the molecule is CCNC(=NCC(O)c1ccco1)Nc1ccc(OCC)c(OC)c1. The van der Waals surface area contributed by atoms with E-state index in [1.54, 1.807) is 19.2 Å². The number of nitrogens with zero attached hydrogens (tertiary/aromatic N) is 1. The van der Waals surface area contributed by atoms with Gasteiger partial charge in [-0.25, -0.2) is 4.99 Å². The summed E-state index contributed by atoms with van der Waals surface area (Å²) in [7, 11) is 1.60. The lowest BCUT2D eigenvalue weighted by Gasteiger charge is -2.15. The molecule has 1 aromatic heterocycles. The van der Waals surface area contributed by atoms with Crippen LogP contribution in [0.15, 0.2) is 46.0 Å². The monoisotopic (exact) mass is 347 g/mol. The van der Waals surface area contributed by atoms with Gasteiger partial charge in [0.05, 0.1) is 26.5 Å². The average Bonchev–Trinajstić information content (AvgIpc) is 3.15. The lowest BCUT2D eigenvalue weighted by molar-refractivity contribution is 0.158. The molecule has 7 nitrogen and oxygen atoms in total. The minimum absolute atomic E-state index is 0.178. The summed E-state index contributed by atoms with van der Waals surface area (Å²) in [5.41, 5.74) is 0.799. The maximum atomic E-state index is 10.1. The molecule has 0 saturated heterocycles. The molecule has 7 heteroatoms. The number of aliphatic imine (C=N–C) groups is 1. The molecular weight excluding hydrogens is 322 g/mol. The second kappa shape index (κ2) is 9.58. The number of benzene rings is 1. The molecule has 0 bridgehead atoms. The van der Waals surface area contributed by atoms with Crippen molar-refractivity contribution in [3.63, 3.8) is 0 Å². The molecule has 0 aliphatic rings. The van der Waals surface area contributed by atoms with Gasteiger partial charge in [-0.1, -0.05) is 0 Å². The second-order valence-electron chi connectivity index (χ2n) is 5.17. The van der Waals surface area contributed by atoms with Gasteiger partial charge in [0.25, 0.3) is 0 Å². The van der Waals surface area contributed by atoms with Crippen LogP contribution in [-0.4, -0.2) is 37.9 Å². The predicted molar refractivity (Wildman–Crippen MR) is 97.4 cm³/mol. The first-order valence-electron chi connectivity index (χ1n) is 8.25. The Morgan fingerprint density at radius 1 is 1.28 bits per heavy atom. The Balaban J connectivity index is 2.08. The van der Waals surface area contributed by atoms with Crippen molar-refractivity contribution in [2.75, 3.05) is 32.1 Å². The molecule has 0 spiro atoms. The van der Waals surface area contributed by atoms with Crippen LogP contribution in [0.1, 0.15) is 25.7 Å². The van der Waals surface area contributed by atoms with Gasteiger partial charge in [0.2, 0.25) is 0 Å². The van der Waals surface area contributed by atoms with Crippen LogP contribution in [0.5, 0.6) is 11.5 Å². The lowest BCUT2D eigenvalue weighted by atomic mass is 10.2. The molecule has 1 unspecified atom stereocenters. The zero-order valence-corrected chi connectivity index (χ0v) is 14.8. The topological polar surface area (TPSA) is 88.3 Å². The molecule has 0 fully saturated rings. The summed E-state index contributed by atoms with van der Waals surface area (Å²) in [6, 6.07) is 9.01. The highest BCUT2D eigenvalue weighted by Crippen LogP contribution is 2.30. The Morgan fingerprint density at radius 3 is 2.76 bits per heavy atom. The predicted octanol–water partition coefficient (Wildman–Crippen LogP) is 2.80. The van der Waals surface area contributed by atoms with Crippen LogP contribution in [0.2, 0.25) is 0 Å². The summed E-state index contributed by atoms with van der Waals surface area (Å²) in [5, 5.41) is 16.4. The first kappa shape index (κ1) is 18.7. The molecule has 1 aromatic carbocycles. The molecule has 0 radical (unpaired) electrons. The Hall–Kier alpha value is -2.67. The Labute approximate surface area is 147 Å². The largest absolute Gasteiger partial charge is 0.493 e. The van der Waals surface area contributed by atoms with Crippen LogP contribution in [0, 0.1) is 0 Å². The highest BCUT2D eigenvalue weighted by Gasteiger charge is 2.11. The first-order valence-corrected chi connectivity index (χ1v) is 8.25. The second-order valence-corrected chi connectivity index (χ2v) is 5.17. The number of nitrogens with one attached hydrogen (secondary N) is 2. The van der Waals surface area contributed by atoms with E-state index >= 15 is 0 Å². The third kappa shape index (κ3) is 5.42.